The second-order valence-corrected chi connectivity index (χ2v) is 8.93. The molecule has 0 saturated carbocycles. The van der Waals surface area contributed by atoms with E-state index in [0.717, 1.165) is 23.3 Å². The van der Waals surface area contributed by atoms with E-state index in [4.69, 9.17) is 14.6 Å². The zero-order chi connectivity index (χ0) is 24.7. The Labute approximate surface area is 205 Å². The highest BCUT2D eigenvalue weighted by Crippen LogP contribution is 2.36. The lowest BCUT2D eigenvalue weighted by atomic mass is 9.73. The predicted molar refractivity (Wildman–Crippen MR) is 134 cm³/mol. The van der Waals surface area contributed by atoms with E-state index in [0.29, 0.717) is 32.7 Å². The molecule has 35 heavy (non-hydrogen) atoms. The van der Waals surface area contributed by atoms with Gasteiger partial charge in [-0.3, -0.25) is 4.79 Å². The van der Waals surface area contributed by atoms with Gasteiger partial charge in [-0.15, -0.1) is 0 Å². The Balaban J connectivity index is 1.44. The van der Waals surface area contributed by atoms with E-state index in [2.05, 4.69) is 17.4 Å². The van der Waals surface area contributed by atoms with Gasteiger partial charge >= 0.3 is 5.97 Å². The van der Waals surface area contributed by atoms with Gasteiger partial charge in [0.05, 0.1) is 23.6 Å². The molecule has 0 spiro atoms. The molecule has 1 saturated heterocycles. The van der Waals surface area contributed by atoms with E-state index in [1.165, 1.54) is 5.56 Å². The van der Waals surface area contributed by atoms with Crippen molar-refractivity contribution in [3.05, 3.63) is 101 Å². The summed E-state index contributed by atoms with van der Waals surface area (Å²) in [7, 11) is 0. The van der Waals surface area contributed by atoms with Crippen LogP contribution in [0, 0.1) is 0 Å². The number of nitrogens with one attached hydrogen (secondary N) is 1. The molecule has 1 heterocycles. The van der Waals surface area contributed by atoms with E-state index in [1.54, 1.807) is 24.3 Å². The van der Waals surface area contributed by atoms with Gasteiger partial charge in [-0.2, -0.15) is 0 Å². The standard InChI is InChI=1S/C29H31NO5/c1-21(23-7-9-24(10-8-23)27(31)32)30-28(33)29(16-19-34-20-17-29)25-11-13-26(14-12-25)35-18-15-22-5-3-2-4-6-22/h2-14,21H,15-20H2,1H3,(H,30,33)(H,31,32)/t21-/m0/s1. The number of ether oxygens (including phenoxy) is 2. The first-order valence-corrected chi connectivity index (χ1v) is 12.0. The monoisotopic (exact) mass is 473 g/mol. The molecule has 4 rings (SSSR count). The van der Waals surface area contributed by atoms with Crippen molar-refractivity contribution < 1.29 is 24.2 Å². The van der Waals surface area contributed by atoms with Crippen molar-refractivity contribution in [3.63, 3.8) is 0 Å². The molecule has 2 N–H and O–H groups in total. The van der Waals surface area contributed by atoms with Crippen LogP contribution >= 0.6 is 0 Å². The Bertz CT molecular complexity index is 1120. The molecule has 1 atom stereocenters. The van der Waals surface area contributed by atoms with Crippen molar-refractivity contribution in [1.29, 1.82) is 0 Å². The number of aromatic carboxylic acids is 1. The maximum atomic E-state index is 13.6. The van der Waals surface area contributed by atoms with Gasteiger partial charge in [0.1, 0.15) is 5.75 Å². The maximum absolute atomic E-state index is 13.6. The largest absolute Gasteiger partial charge is 0.493 e. The van der Waals surface area contributed by atoms with Crippen molar-refractivity contribution in [2.75, 3.05) is 19.8 Å². The second-order valence-electron chi connectivity index (χ2n) is 8.93. The number of amides is 1. The number of hydrogen-bond acceptors (Lipinski definition) is 4. The summed E-state index contributed by atoms with van der Waals surface area (Å²) in [6.07, 6.45) is 2.02. The minimum atomic E-state index is -0.970. The third-order valence-electron chi connectivity index (χ3n) is 6.70. The number of carbonyl (C=O) groups excluding carboxylic acids is 1. The topological polar surface area (TPSA) is 84.9 Å². The Kier molecular flexibility index (Phi) is 7.83. The molecule has 6 nitrogen and oxygen atoms in total. The normalized spacial score (nSPS) is 15.7. The minimum absolute atomic E-state index is 0.0478. The predicted octanol–water partition coefficient (Wildman–Crippen LogP) is 4.93. The Hall–Kier alpha value is -3.64. The van der Waals surface area contributed by atoms with Gasteiger partial charge in [0, 0.05) is 19.6 Å². The maximum Gasteiger partial charge on any atom is 0.335 e. The van der Waals surface area contributed by atoms with Crippen LogP contribution in [0.1, 0.15) is 52.9 Å². The molecule has 3 aromatic rings. The van der Waals surface area contributed by atoms with E-state index >= 15 is 0 Å². The summed E-state index contributed by atoms with van der Waals surface area (Å²) in [5, 5.41) is 12.3. The van der Waals surface area contributed by atoms with Crippen LogP contribution in [0.4, 0.5) is 0 Å². The molecule has 3 aromatic carbocycles. The Morgan fingerprint density at radius 2 is 1.63 bits per heavy atom. The second kappa shape index (κ2) is 11.2. The summed E-state index contributed by atoms with van der Waals surface area (Å²) in [5.41, 5.74) is 2.57. The molecule has 1 aliphatic rings. The van der Waals surface area contributed by atoms with E-state index in [9.17, 15) is 9.59 Å². The van der Waals surface area contributed by atoms with Crippen LogP contribution in [0.25, 0.3) is 0 Å². The molecular formula is C29H31NO5. The number of carboxylic acid groups (broad SMARTS) is 1. The average Bonchev–Trinajstić information content (AvgIpc) is 2.90. The van der Waals surface area contributed by atoms with Gasteiger partial charge in [0.2, 0.25) is 5.91 Å². The van der Waals surface area contributed by atoms with Crippen LogP contribution in [0.2, 0.25) is 0 Å². The van der Waals surface area contributed by atoms with Crippen molar-refractivity contribution >= 4 is 11.9 Å². The van der Waals surface area contributed by atoms with Crippen LogP contribution in [-0.4, -0.2) is 36.8 Å². The molecule has 0 aliphatic carbocycles. The Morgan fingerprint density at radius 3 is 2.26 bits per heavy atom. The van der Waals surface area contributed by atoms with Crippen molar-refractivity contribution in [3.8, 4) is 5.75 Å². The average molecular weight is 474 g/mol. The lowest BCUT2D eigenvalue weighted by Gasteiger charge is -2.37. The van der Waals surface area contributed by atoms with Crippen LogP contribution in [0.5, 0.6) is 5.75 Å². The highest BCUT2D eigenvalue weighted by atomic mass is 16.5. The fourth-order valence-corrected chi connectivity index (χ4v) is 4.50. The summed E-state index contributed by atoms with van der Waals surface area (Å²) in [4.78, 5) is 24.7. The molecule has 0 aromatic heterocycles. The van der Waals surface area contributed by atoms with Gasteiger partial charge in [0.25, 0.3) is 0 Å². The van der Waals surface area contributed by atoms with E-state index in [1.807, 2.05) is 49.4 Å². The zero-order valence-corrected chi connectivity index (χ0v) is 19.9. The van der Waals surface area contributed by atoms with Crippen molar-refractivity contribution in [1.82, 2.24) is 5.32 Å². The summed E-state index contributed by atoms with van der Waals surface area (Å²) >= 11 is 0. The van der Waals surface area contributed by atoms with E-state index in [-0.39, 0.29) is 17.5 Å². The lowest BCUT2D eigenvalue weighted by molar-refractivity contribution is -0.131. The van der Waals surface area contributed by atoms with Crippen LogP contribution < -0.4 is 10.1 Å². The molecule has 0 bridgehead atoms. The van der Waals surface area contributed by atoms with Crippen LogP contribution in [-0.2, 0) is 21.4 Å². The van der Waals surface area contributed by atoms with Gasteiger partial charge in [-0.05, 0) is 60.7 Å². The number of rotatable bonds is 9. The SMILES string of the molecule is C[C@H](NC(=O)C1(c2ccc(OCCc3ccccc3)cc2)CCOCC1)c1ccc(C(=O)O)cc1. The van der Waals surface area contributed by atoms with Gasteiger partial charge < -0.3 is 19.9 Å². The van der Waals surface area contributed by atoms with Crippen LogP contribution in [0.3, 0.4) is 0 Å². The smallest absolute Gasteiger partial charge is 0.335 e. The molecule has 0 unspecified atom stereocenters. The van der Waals surface area contributed by atoms with Crippen molar-refractivity contribution in [2.24, 2.45) is 0 Å². The molecule has 6 heteroatoms. The van der Waals surface area contributed by atoms with Crippen LogP contribution in [0.15, 0.2) is 78.9 Å². The molecular weight excluding hydrogens is 442 g/mol. The molecule has 1 aliphatic heterocycles. The number of carbonyl (C=O) groups is 2. The summed E-state index contributed by atoms with van der Waals surface area (Å²) in [6.45, 7) is 3.53. The lowest BCUT2D eigenvalue weighted by Crippen LogP contribution is -2.48. The summed E-state index contributed by atoms with van der Waals surface area (Å²) in [5.74, 6) is -0.241. The zero-order valence-electron chi connectivity index (χ0n) is 19.9. The first-order chi connectivity index (χ1) is 17.0. The summed E-state index contributed by atoms with van der Waals surface area (Å²) < 4.78 is 11.5. The first-order valence-electron chi connectivity index (χ1n) is 12.0. The highest BCUT2D eigenvalue weighted by molar-refractivity contribution is 5.89. The fraction of sp³-hybridized carbons (Fsp3) is 0.310. The quantitative estimate of drug-likeness (QED) is 0.460. The molecule has 182 valence electrons. The van der Waals surface area contributed by atoms with E-state index < -0.39 is 11.4 Å². The number of hydrogen-bond donors (Lipinski definition) is 2. The Morgan fingerprint density at radius 1 is 0.971 bits per heavy atom. The highest BCUT2D eigenvalue weighted by Gasteiger charge is 2.42. The minimum Gasteiger partial charge on any atom is -0.493 e. The van der Waals surface area contributed by atoms with Gasteiger partial charge in [-0.25, -0.2) is 4.79 Å². The number of carboxylic acids is 1. The van der Waals surface area contributed by atoms with Crippen molar-refractivity contribution in [2.45, 2.75) is 37.6 Å². The summed E-state index contributed by atoms with van der Waals surface area (Å²) in [6, 6.07) is 24.4. The molecule has 1 fully saturated rings. The third kappa shape index (κ3) is 5.89. The first kappa shape index (κ1) is 24.5. The van der Waals surface area contributed by atoms with Gasteiger partial charge in [0.15, 0.2) is 0 Å². The van der Waals surface area contributed by atoms with Gasteiger partial charge in [-0.1, -0.05) is 54.6 Å². The molecule has 1 amide bonds. The third-order valence-corrected chi connectivity index (χ3v) is 6.70. The number of benzene rings is 3. The fourth-order valence-electron chi connectivity index (χ4n) is 4.50. The molecule has 0 radical (unpaired) electrons.